The monoisotopic (exact) mass is 578 g/mol. The first kappa shape index (κ1) is 26.4. The number of hydrogen-bond donors (Lipinski definition) is 1. The van der Waals surface area contributed by atoms with E-state index in [0.717, 1.165) is 77.6 Å². The lowest BCUT2D eigenvalue weighted by Crippen LogP contribution is -2.38. The molecule has 2 aromatic carbocycles. The fraction of sp³-hybridized carbons (Fsp3) is 0.258. The summed E-state index contributed by atoms with van der Waals surface area (Å²) in [5.74, 6) is 0.638. The zero-order valence-corrected chi connectivity index (χ0v) is 24.0. The molecule has 1 aliphatic heterocycles. The van der Waals surface area contributed by atoms with Crippen LogP contribution in [0.1, 0.15) is 18.7 Å². The Morgan fingerprint density at radius 1 is 1.02 bits per heavy atom. The first-order valence-electron chi connectivity index (χ1n) is 14.0. The number of anilines is 1. The van der Waals surface area contributed by atoms with Crippen molar-refractivity contribution in [1.82, 2.24) is 34.2 Å². The van der Waals surface area contributed by atoms with Gasteiger partial charge in [-0.25, -0.2) is 15.0 Å². The van der Waals surface area contributed by atoms with Crippen molar-refractivity contribution in [2.75, 3.05) is 38.2 Å². The van der Waals surface area contributed by atoms with E-state index in [2.05, 4.69) is 36.3 Å². The van der Waals surface area contributed by atoms with Crippen molar-refractivity contribution in [2.45, 2.75) is 19.5 Å². The summed E-state index contributed by atoms with van der Waals surface area (Å²) in [6.07, 6.45) is 5.42. The fourth-order valence-corrected chi connectivity index (χ4v) is 6.18. The van der Waals surface area contributed by atoms with E-state index in [0.29, 0.717) is 11.2 Å². The van der Waals surface area contributed by atoms with Crippen molar-refractivity contribution in [3.63, 3.8) is 0 Å². The fourth-order valence-electron chi connectivity index (χ4n) is 5.56. The lowest BCUT2D eigenvalue weighted by Gasteiger charge is -2.26. The number of nitrogens with zero attached hydrogens (tertiary/aromatic N) is 7. The van der Waals surface area contributed by atoms with Crippen LogP contribution in [-0.4, -0.2) is 67.0 Å². The van der Waals surface area contributed by atoms with Gasteiger partial charge in [-0.05, 0) is 36.1 Å². The van der Waals surface area contributed by atoms with E-state index in [-0.39, 0.29) is 11.6 Å². The van der Waals surface area contributed by atoms with Crippen molar-refractivity contribution in [1.29, 1.82) is 0 Å². The Bertz CT molecular complexity index is 1910. The third-order valence-electron chi connectivity index (χ3n) is 7.71. The van der Waals surface area contributed by atoms with Crippen LogP contribution in [0.2, 0.25) is 0 Å². The number of fused-ring (bicyclic) bond motifs is 2. The summed E-state index contributed by atoms with van der Waals surface area (Å²) >= 11 is 1.47. The first-order valence-corrected chi connectivity index (χ1v) is 14.9. The average Bonchev–Trinajstić information content (AvgIpc) is 3.71. The van der Waals surface area contributed by atoms with Gasteiger partial charge in [-0.3, -0.25) is 18.9 Å². The number of aromatic nitrogens is 6. The molecule has 11 heteroatoms. The Kier molecular flexibility index (Phi) is 7.20. The van der Waals surface area contributed by atoms with E-state index < -0.39 is 0 Å². The maximum Gasteiger partial charge on any atom is 0.263 e. The Morgan fingerprint density at radius 3 is 2.74 bits per heavy atom. The number of para-hydroxylation sites is 1. The average molecular weight is 579 g/mol. The second-order valence-electron chi connectivity index (χ2n) is 10.4. The molecular formula is C31H30N8O2S. The van der Waals surface area contributed by atoms with E-state index >= 15 is 0 Å². The second-order valence-corrected chi connectivity index (χ2v) is 11.2. The number of hydrogen-bond acceptors (Lipinski definition) is 9. The lowest BCUT2D eigenvalue weighted by molar-refractivity contribution is 0.0360. The molecular weight excluding hydrogens is 548 g/mol. The Labute approximate surface area is 246 Å². The molecule has 0 spiro atoms. The molecule has 0 saturated carbocycles. The molecule has 212 valence electrons. The van der Waals surface area contributed by atoms with E-state index in [1.807, 2.05) is 72.5 Å². The Balaban J connectivity index is 1.29. The molecule has 0 bridgehead atoms. The molecule has 5 heterocycles. The first-order chi connectivity index (χ1) is 20.7. The van der Waals surface area contributed by atoms with E-state index in [1.54, 1.807) is 10.1 Å². The van der Waals surface area contributed by atoms with Gasteiger partial charge in [0.2, 0.25) is 0 Å². The molecule has 4 aromatic heterocycles. The highest BCUT2D eigenvalue weighted by Gasteiger charge is 2.20. The summed E-state index contributed by atoms with van der Waals surface area (Å²) in [7, 11) is 0. The zero-order chi connectivity index (χ0) is 28.5. The van der Waals surface area contributed by atoms with Gasteiger partial charge in [-0.15, -0.1) is 11.3 Å². The van der Waals surface area contributed by atoms with Crippen LogP contribution >= 0.6 is 11.3 Å². The quantitative estimate of drug-likeness (QED) is 0.276. The van der Waals surface area contributed by atoms with Crippen LogP contribution in [-0.2, 0) is 11.3 Å². The number of benzene rings is 2. The van der Waals surface area contributed by atoms with Gasteiger partial charge in [-0.1, -0.05) is 36.4 Å². The third-order valence-corrected chi connectivity index (χ3v) is 8.45. The highest BCUT2D eigenvalue weighted by atomic mass is 32.1. The summed E-state index contributed by atoms with van der Waals surface area (Å²) in [6, 6.07) is 17.6. The number of pyridine rings is 1. The van der Waals surface area contributed by atoms with Crippen molar-refractivity contribution < 1.29 is 4.74 Å². The minimum Gasteiger partial charge on any atom is -0.379 e. The SMILES string of the molecule is CC(Nc1ncnc2scnc12)c1cc2cccc(-c3cnn(CCN4CCOCC4)c3)c2c(=O)n1-c1ccccc1. The molecule has 42 heavy (non-hydrogen) atoms. The van der Waals surface area contributed by atoms with Crippen molar-refractivity contribution in [2.24, 2.45) is 0 Å². The molecule has 1 saturated heterocycles. The molecule has 1 fully saturated rings. The maximum absolute atomic E-state index is 14.5. The molecule has 0 radical (unpaired) electrons. The number of nitrogens with one attached hydrogen (secondary N) is 1. The smallest absolute Gasteiger partial charge is 0.263 e. The van der Waals surface area contributed by atoms with Crippen molar-refractivity contribution in [3.8, 4) is 16.8 Å². The van der Waals surface area contributed by atoms with Gasteiger partial charge in [0.25, 0.3) is 5.56 Å². The summed E-state index contributed by atoms with van der Waals surface area (Å²) in [5, 5.41) is 9.65. The Morgan fingerprint density at radius 2 is 1.88 bits per heavy atom. The van der Waals surface area contributed by atoms with E-state index in [1.165, 1.54) is 17.7 Å². The van der Waals surface area contributed by atoms with Crippen LogP contribution in [0, 0.1) is 0 Å². The zero-order valence-electron chi connectivity index (χ0n) is 23.2. The largest absolute Gasteiger partial charge is 0.379 e. The van der Waals surface area contributed by atoms with Gasteiger partial charge in [0.1, 0.15) is 16.7 Å². The molecule has 1 atom stereocenters. The third kappa shape index (κ3) is 5.06. The number of ether oxygens (including phenoxy) is 1. The summed E-state index contributed by atoms with van der Waals surface area (Å²) in [4.78, 5) is 30.9. The topological polar surface area (TPSA) is 103 Å². The van der Waals surface area contributed by atoms with E-state index in [4.69, 9.17) is 4.74 Å². The highest BCUT2D eigenvalue weighted by molar-refractivity contribution is 7.16. The van der Waals surface area contributed by atoms with Crippen molar-refractivity contribution in [3.05, 3.63) is 94.9 Å². The van der Waals surface area contributed by atoms with Gasteiger partial charge in [0, 0.05) is 42.8 Å². The molecule has 1 N–H and O–H groups in total. The molecule has 7 rings (SSSR count). The van der Waals surface area contributed by atoms with Crippen LogP contribution in [0.25, 0.3) is 37.9 Å². The maximum atomic E-state index is 14.5. The molecule has 1 unspecified atom stereocenters. The summed E-state index contributed by atoms with van der Waals surface area (Å²) in [6.45, 7) is 7.16. The van der Waals surface area contributed by atoms with Crippen LogP contribution in [0.15, 0.2) is 83.6 Å². The standard InChI is InChI=1S/C31H30N8O2S/c1-21(36-29-28-30(33-19-32-29)42-20-34-28)26-16-22-6-5-9-25(27(22)31(40)39(26)24-7-3-2-4-8-24)23-17-35-38(18-23)11-10-37-12-14-41-15-13-37/h2-9,16-21H,10-15H2,1H3,(H,32,33,36). The Hall–Kier alpha value is -4.45. The van der Waals surface area contributed by atoms with Gasteiger partial charge in [0.05, 0.1) is 42.9 Å². The van der Waals surface area contributed by atoms with Crippen LogP contribution in [0.5, 0.6) is 0 Å². The van der Waals surface area contributed by atoms with Crippen LogP contribution < -0.4 is 10.9 Å². The van der Waals surface area contributed by atoms with Crippen molar-refractivity contribution >= 4 is 38.3 Å². The lowest BCUT2D eigenvalue weighted by atomic mass is 9.99. The molecule has 0 aliphatic carbocycles. The minimum atomic E-state index is -0.256. The van der Waals surface area contributed by atoms with Crippen LogP contribution in [0.3, 0.4) is 0 Å². The predicted octanol–water partition coefficient (Wildman–Crippen LogP) is 4.76. The number of morpholine rings is 1. The normalized spacial score (nSPS) is 14.9. The summed E-state index contributed by atoms with van der Waals surface area (Å²) < 4.78 is 9.22. The molecule has 10 nitrogen and oxygen atoms in total. The van der Waals surface area contributed by atoms with E-state index in [9.17, 15) is 4.79 Å². The van der Waals surface area contributed by atoms with Gasteiger partial charge < -0.3 is 10.1 Å². The molecule has 0 amide bonds. The predicted molar refractivity (Wildman–Crippen MR) is 165 cm³/mol. The van der Waals surface area contributed by atoms with Gasteiger partial charge in [-0.2, -0.15) is 5.10 Å². The molecule has 1 aliphatic rings. The summed E-state index contributed by atoms with van der Waals surface area (Å²) in [5.41, 5.74) is 5.80. The number of thiazole rings is 1. The second kappa shape index (κ2) is 11.4. The minimum absolute atomic E-state index is 0.0829. The highest BCUT2D eigenvalue weighted by Crippen LogP contribution is 2.31. The van der Waals surface area contributed by atoms with Crippen LogP contribution in [0.4, 0.5) is 5.82 Å². The van der Waals surface area contributed by atoms with Gasteiger partial charge >= 0.3 is 0 Å². The van der Waals surface area contributed by atoms with Gasteiger partial charge in [0.15, 0.2) is 5.82 Å². The number of rotatable bonds is 8. The molecule has 6 aromatic rings.